The summed E-state index contributed by atoms with van der Waals surface area (Å²) in [6.45, 7) is 17.3. The van der Waals surface area contributed by atoms with Crippen LogP contribution in [0.25, 0.3) is 0 Å². The number of nitrogens with zero attached hydrogens (tertiary/aromatic N) is 2. The highest BCUT2D eigenvalue weighted by Gasteiger charge is 2.69. The van der Waals surface area contributed by atoms with Crippen LogP contribution in [0.2, 0.25) is 0 Å². The molecule has 0 bridgehead atoms. The molecule has 0 saturated heterocycles. The van der Waals surface area contributed by atoms with E-state index in [4.69, 9.17) is 9.72 Å². The van der Waals surface area contributed by atoms with E-state index < -0.39 is 15.3 Å². The van der Waals surface area contributed by atoms with E-state index in [1.54, 1.807) is 6.20 Å². The van der Waals surface area contributed by atoms with Crippen LogP contribution in [0.4, 0.5) is 0 Å². The minimum Gasteiger partial charge on any atom is -0.460 e. The van der Waals surface area contributed by atoms with Gasteiger partial charge in [-0.15, -0.1) is 0 Å². The maximum Gasteiger partial charge on any atom is 0.313 e. The monoisotopic (exact) mass is 658 g/mol. The van der Waals surface area contributed by atoms with Gasteiger partial charge in [0, 0.05) is 17.9 Å². The number of aromatic nitrogens is 2. The standard InChI is InChI=1S/C40H54N2O4S/c1-25-16-19-40(34(43)46-24-27-12-10-9-11-13-27)21-20-38(6)29(32(40)26(25)2)14-15-31-37(5)22-28-23-41-35(47(8,44)45)42-33(28)36(3,4)30(37)17-18-39(31,38)7/h9-14,23,25-26,30-32H,15-22,24H2,1-8H3/t25-,26+,30+,31-,32+,37+,38-,39-,40+/m1/s1. The highest BCUT2D eigenvalue weighted by Crippen LogP contribution is 2.75. The summed E-state index contributed by atoms with van der Waals surface area (Å²) in [5.41, 5.74) is 3.94. The van der Waals surface area contributed by atoms with E-state index in [1.165, 1.54) is 11.8 Å². The molecule has 254 valence electrons. The van der Waals surface area contributed by atoms with Crippen LogP contribution in [0.1, 0.15) is 110 Å². The van der Waals surface area contributed by atoms with Gasteiger partial charge in [0.15, 0.2) is 0 Å². The molecular formula is C40H54N2O4S. The smallest absolute Gasteiger partial charge is 0.313 e. The lowest BCUT2D eigenvalue weighted by Crippen LogP contribution is -2.65. The maximum absolute atomic E-state index is 14.3. The van der Waals surface area contributed by atoms with Crippen molar-refractivity contribution in [1.82, 2.24) is 9.97 Å². The Balaban J connectivity index is 1.27. The van der Waals surface area contributed by atoms with E-state index in [0.29, 0.717) is 30.3 Å². The van der Waals surface area contributed by atoms with Gasteiger partial charge in [0.25, 0.3) is 0 Å². The fourth-order valence-electron chi connectivity index (χ4n) is 12.3. The molecule has 47 heavy (non-hydrogen) atoms. The van der Waals surface area contributed by atoms with Crippen molar-refractivity contribution < 1.29 is 17.9 Å². The summed E-state index contributed by atoms with van der Waals surface area (Å²) in [5, 5.41) is -0.0601. The number of hydrogen-bond donors (Lipinski definition) is 0. The lowest BCUT2D eigenvalue weighted by molar-refractivity contribution is -0.184. The minimum absolute atomic E-state index is 0.00935. The summed E-state index contributed by atoms with van der Waals surface area (Å²) < 4.78 is 31.1. The number of carbonyl (C=O) groups excluding carboxylic acids is 1. The Bertz CT molecular complexity index is 1740. The van der Waals surface area contributed by atoms with Gasteiger partial charge >= 0.3 is 5.97 Å². The first-order valence-corrected chi connectivity index (χ1v) is 19.9. The number of carbonyl (C=O) groups is 1. The molecule has 5 aliphatic carbocycles. The van der Waals surface area contributed by atoms with Gasteiger partial charge < -0.3 is 4.74 Å². The lowest BCUT2D eigenvalue weighted by atomic mass is 9.33. The van der Waals surface area contributed by atoms with E-state index in [9.17, 15) is 13.2 Å². The Morgan fingerprint density at radius 1 is 0.957 bits per heavy atom. The number of sulfone groups is 1. The number of hydrogen-bond acceptors (Lipinski definition) is 6. The zero-order valence-corrected chi connectivity index (χ0v) is 30.5. The van der Waals surface area contributed by atoms with Crippen molar-refractivity contribution in [3.05, 3.63) is 65.0 Å². The molecule has 0 N–H and O–H groups in total. The Morgan fingerprint density at radius 2 is 1.68 bits per heavy atom. The molecule has 2 aromatic rings. The highest BCUT2D eigenvalue weighted by molar-refractivity contribution is 7.90. The molecule has 7 rings (SSSR count). The summed E-state index contributed by atoms with van der Waals surface area (Å²) >= 11 is 0. The fourth-order valence-corrected chi connectivity index (χ4v) is 12.8. The van der Waals surface area contributed by atoms with Crippen LogP contribution in [0, 0.1) is 51.2 Å². The molecular weight excluding hydrogens is 605 g/mol. The summed E-state index contributed by atoms with van der Waals surface area (Å²) in [6, 6.07) is 10.1. The predicted molar refractivity (Wildman–Crippen MR) is 184 cm³/mol. The quantitative estimate of drug-likeness (QED) is 0.187. The number of rotatable bonds is 4. The molecule has 0 radical (unpaired) electrons. The molecule has 0 spiro atoms. The first kappa shape index (κ1) is 33.0. The van der Waals surface area contributed by atoms with Crippen LogP contribution in [-0.4, -0.2) is 30.6 Å². The third kappa shape index (κ3) is 4.60. The Kier molecular flexibility index (Phi) is 7.53. The Hall–Kier alpha value is -2.54. The topological polar surface area (TPSA) is 86.2 Å². The van der Waals surface area contributed by atoms with Crippen LogP contribution in [0.3, 0.4) is 0 Å². The Labute approximate surface area is 282 Å². The zero-order valence-electron chi connectivity index (χ0n) is 29.7. The number of benzene rings is 1. The van der Waals surface area contributed by atoms with Gasteiger partial charge in [-0.3, -0.25) is 4.79 Å². The van der Waals surface area contributed by atoms with Gasteiger partial charge in [0.05, 0.1) is 11.1 Å². The SMILES string of the molecule is C[C@H]1[C@H](C)CC[C@]2(C(=O)OCc3ccccc3)CC[C@]3(C)C(=CC[C@@H]4[C@@]5(C)Cc6cnc(S(C)(=O)=O)nc6C(C)(C)[C@@H]5CC[C@]43C)[C@H]12. The molecule has 1 aromatic carbocycles. The van der Waals surface area contributed by atoms with Crippen molar-refractivity contribution in [3.8, 4) is 0 Å². The van der Waals surface area contributed by atoms with Crippen molar-refractivity contribution >= 4 is 15.8 Å². The molecule has 7 heteroatoms. The molecule has 1 aromatic heterocycles. The van der Waals surface area contributed by atoms with Gasteiger partial charge in [0.1, 0.15) is 6.61 Å². The second kappa shape index (κ2) is 10.7. The first-order valence-electron chi connectivity index (χ1n) is 18.0. The third-order valence-electron chi connectivity index (χ3n) is 15.1. The molecule has 1 heterocycles. The molecule has 0 amide bonds. The van der Waals surface area contributed by atoms with Gasteiger partial charge in [-0.25, -0.2) is 18.4 Å². The van der Waals surface area contributed by atoms with Crippen molar-refractivity contribution in [2.45, 2.75) is 117 Å². The number of allylic oxidation sites excluding steroid dienone is 2. The molecule has 9 atom stereocenters. The van der Waals surface area contributed by atoms with E-state index in [-0.39, 0.29) is 38.7 Å². The maximum atomic E-state index is 14.3. The minimum atomic E-state index is -3.49. The largest absolute Gasteiger partial charge is 0.460 e. The van der Waals surface area contributed by atoms with Crippen molar-refractivity contribution in [3.63, 3.8) is 0 Å². The highest BCUT2D eigenvalue weighted by atomic mass is 32.2. The number of esters is 1. The van der Waals surface area contributed by atoms with E-state index in [0.717, 1.165) is 68.2 Å². The van der Waals surface area contributed by atoms with Crippen LogP contribution in [0.5, 0.6) is 0 Å². The molecule has 3 fully saturated rings. The van der Waals surface area contributed by atoms with Gasteiger partial charge in [0.2, 0.25) is 15.0 Å². The summed E-state index contributed by atoms with van der Waals surface area (Å²) in [4.78, 5) is 23.4. The van der Waals surface area contributed by atoms with Crippen LogP contribution in [0.15, 0.2) is 53.3 Å². The lowest BCUT2D eigenvalue weighted by Gasteiger charge is -2.70. The summed E-state index contributed by atoms with van der Waals surface area (Å²) in [6.07, 6.45) is 13.5. The first-order chi connectivity index (χ1) is 22.0. The molecule has 0 aliphatic heterocycles. The van der Waals surface area contributed by atoms with Gasteiger partial charge in [-0.05, 0) is 108 Å². The van der Waals surface area contributed by atoms with Crippen molar-refractivity contribution in [1.29, 1.82) is 0 Å². The van der Waals surface area contributed by atoms with E-state index in [2.05, 4.69) is 59.5 Å². The molecule has 6 nitrogen and oxygen atoms in total. The van der Waals surface area contributed by atoms with Crippen LogP contribution in [-0.2, 0) is 37.8 Å². The van der Waals surface area contributed by atoms with E-state index >= 15 is 0 Å². The average Bonchev–Trinajstić information content (AvgIpc) is 3.01. The molecule has 5 aliphatic rings. The van der Waals surface area contributed by atoms with E-state index in [1.807, 2.05) is 30.3 Å². The number of fused-ring (bicyclic) bond motifs is 8. The van der Waals surface area contributed by atoms with Gasteiger partial charge in [-0.1, -0.05) is 90.4 Å². The third-order valence-corrected chi connectivity index (χ3v) is 16.0. The van der Waals surface area contributed by atoms with Crippen LogP contribution < -0.4 is 0 Å². The molecule has 3 saturated carbocycles. The van der Waals surface area contributed by atoms with Crippen LogP contribution >= 0.6 is 0 Å². The summed E-state index contributed by atoms with van der Waals surface area (Å²) in [5.74, 6) is 2.01. The fraction of sp³-hybridized carbons (Fsp3) is 0.675. The second-order valence-corrected chi connectivity index (χ2v) is 19.5. The molecule has 0 unspecified atom stereocenters. The number of ether oxygens (including phenoxy) is 1. The second-order valence-electron chi connectivity index (χ2n) is 17.6. The van der Waals surface area contributed by atoms with Crippen molar-refractivity contribution in [2.75, 3.05) is 6.26 Å². The average molecular weight is 659 g/mol. The summed E-state index contributed by atoms with van der Waals surface area (Å²) in [7, 11) is -3.49. The van der Waals surface area contributed by atoms with Gasteiger partial charge in [-0.2, -0.15) is 0 Å². The zero-order chi connectivity index (χ0) is 33.8. The predicted octanol–water partition coefficient (Wildman–Crippen LogP) is 8.29. The normalized spacial score (nSPS) is 40.4. The van der Waals surface area contributed by atoms with Crippen molar-refractivity contribution in [2.24, 2.45) is 51.2 Å². The Morgan fingerprint density at radius 3 is 2.38 bits per heavy atom.